The van der Waals surface area contributed by atoms with E-state index < -0.39 is 6.10 Å². The Morgan fingerprint density at radius 2 is 2.20 bits per heavy atom. The first kappa shape index (κ1) is 10.8. The van der Waals surface area contributed by atoms with Crippen molar-refractivity contribution in [2.75, 3.05) is 7.11 Å². The van der Waals surface area contributed by atoms with Gasteiger partial charge in [-0.1, -0.05) is 24.1 Å². The fraction of sp³-hybridized carbons (Fsp3) is 0.500. The van der Waals surface area contributed by atoms with Crippen LogP contribution >= 0.6 is 11.6 Å². The van der Waals surface area contributed by atoms with E-state index in [-0.39, 0.29) is 0 Å². The highest BCUT2D eigenvalue weighted by Gasteiger charge is 2.28. The Morgan fingerprint density at radius 1 is 1.47 bits per heavy atom. The number of halogens is 1. The number of rotatable bonds is 3. The van der Waals surface area contributed by atoms with Crippen molar-refractivity contribution >= 4 is 11.6 Å². The molecule has 0 amide bonds. The fourth-order valence-electron chi connectivity index (χ4n) is 1.88. The molecule has 3 heteroatoms. The predicted octanol–water partition coefficient (Wildman–Crippen LogP) is 3.18. The first-order valence-electron chi connectivity index (χ1n) is 5.24. The zero-order valence-electron chi connectivity index (χ0n) is 8.74. The number of benzene rings is 1. The molecule has 1 aliphatic carbocycles. The third kappa shape index (κ3) is 2.11. The minimum Gasteiger partial charge on any atom is -0.497 e. The Morgan fingerprint density at radius 3 is 2.67 bits per heavy atom. The van der Waals surface area contributed by atoms with Crippen molar-refractivity contribution in [2.24, 2.45) is 5.92 Å². The number of aliphatic hydroxyl groups excluding tert-OH is 1. The Bertz CT molecular complexity index is 347. The van der Waals surface area contributed by atoms with E-state index >= 15 is 0 Å². The maximum Gasteiger partial charge on any atom is 0.120 e. The molecular weight excluding hydrogens is 212 g/mol. The molecule has 1 atom stereocenters. The summed E-state index contributed by atoms with van der Waals surface area (Å²) in [4.78, 5) is 0. The van der Waals surface area contributed by atoms with Crippen molar-refractivity contribution in [1.29, 1.82) is 0 Å². The SMILES string of the molecule is COc1ccc(C(O)C2CCC2)c(Cl)c1. The maximum absolute atomic E-state index is 10.1. The van der Waals surface area contributed by atoms with Crippen LogP contribution in [0.2, 0.25) is 5.02 Å². The van der Waals surface area contributed by atoms with Gasteiger partial charge in [-0.3, -0.25) is 0 Å². The molecule has 1 aromatic carbocycles. The summed E-state index contributed by atoms with van der Waals surface area (Å²) in [7, 11) is 1.60. The molecule has 0 heterocycles. The lowest BCUT2D eigenvalue weighted by molar-refractivity contribution is 0.0621. The number of aliphatic hydroxyl groups is 1. The molecule has 1 saturated carbocycles. The molecule has 0 aliphatic heterocycles. The molecule has 0 aromatic heterocycles. The van der Waals surface area contributed by atoms with E-state index in [0.717, 1.165) is 24.2 Å². The smallest absolute Gasteiger partial charge is 0.120 e. The van der Waals surface area contributed by atoms with Crippen molar-refractivity contribution in [3.05, 3.63) is 28.8 Å². The van der Waals surface area contributed by atoms with Gasteiger partial charge in [0.25, 0.3) is 0 Å². The van der Waals surface area contributed by atoms with Gasteiger partial charge in [0.2, 0.25) is 0 Å². The molecule has 15 heavy (non-hydrogen) atoms. The normalized spacial score (nSPS) is 18.3. The summed E-state index contributed by atoms with van der Waals surface area (Å²) in [6.07, 6.45) is 3.00. The predicted molar refractivity (Wildman–Crippen MR) is 60.3 cm³/mol. The van der Waals surface area contributed by atoms with Gasteiger partial charge in [0, 0.05) is 0 Å². The Labute approximate surface area is 94.8 Å². The zero-order chi connectivity index (χ0) is 10.8. The van der Waals surface area contributed by atoms with Crippen LogP contribution in [0.15, 0.2) is 18.2 Å². The molecule has 0 bridgehead atoms. The van der Waals surface area contributed by atoms with Gasteiger partial charge in [0.05, 0.1) is 18.2 Å². The van der Waals surface area contributed by atoms with Crippen molar-refractivity contribution in [3.63, 3.8) is 0 Å². The Hall–Kier alpha value is -0.730. The summed E-state index contributed by atoms with van der Waals surface area (Å²) >= 11 is 6.09. The van der Waals surface area contributed by atoms with Crippen molar-refractivity contribution < 1.29 is 9.84 Å². The molecule has 82 valence electrons. The molecule has 1 unspecified atom stereocenters. The molecule has 2 rings (SSSR count). The highest BCUT2D eigenvalue weighted by Crippen LogP contribution is 2.40. The topological polar surface area (TPSA) is 29.5 Å². The highest BCUT2D eigenvalue weighted by atomic mass is 35.5. The number of hydrogen-bond donors (Lipinski definition) is 1. The van der Waals surface area contributed by atoms with E-state index in [1.165, 1.54) is 6.42 Å². The van der Waals surface area contributed by atoms with Crippen molar-refractivity contribution in [3.8, 4) is 5.75 Å². The molecule has 1 N–H and O–H groups in total. The van der Waals surface area contributed by atoms with Crippen LogP contribution in [0.25, 0.3) is 0 Å². The molecule has 0 spiro atoms. The third-order valence-electron chi connectivity index (χ3n) is 3.12. The van der Waals surface area contributed by atoms with Crippen molar-refractivity contribution in [2.45, 2.75) is 25.4 Å². The minimum absolute atomic E-state index is 0.385. The number of methoxy groups -OCH3 is 1. The van der Waals surface area contributed by atoms with Gasteiger partial charge in [-0.25, -0.2) is 0 Å². The van der Waals surface area contributed by atoms with E-state index in [1.54, 1.807) is 13.2 Å². The van der Waals surface area contributed by atoms with Gasteiger partial charge < -0.3 is 9.84 Å². The number of hydrogen-bond acceptors (Lipinski definition) is 2. The second-order valence-corrected chi connectivity index (χ2v) is 4.43. The molecule has 1 aromatic rings. The van der Waals surface area contributed by atoms with Crippen LogP contribution in [0.1, 0.15) is 30.9 Å². The van der Waals surface area contributed by atoms with Gasteiger partial charge in [-0.15, -0.1) is 0 Å². The van der Waals surface area contributed by atoms with E-state index in [4.69, 9.17) is 16.3 Å². The first-order chi connectivity index (χ1) is 7.22. The summed E-state index contributed by atoms with van der Waals surface area (Å²) in [6, 6.07) is 5.44. The van der Waals surface area contributed by atoms with Gasteiger partial charge >= 0.3 is 0 Å². The first-order valence-corrected chi connectivity index (χ1v) is 5.61. The lowest BCUT2D eigenvalue weighted by Crippen LogP contribution is -2.20. The summed E-state index contributed by atoms with van der Waals surface area (Å²) in [5.74, 6) is 1.11. The second kappa shape index (κ2) is 4.42. The van der Waals surface area contributed by atoms with E-state index in [0.29, 0.717) is 10.9 Å². The average Bonchev–Trinajstić information content (AvgIpc) is 2.14. The van der Waals surface area contributed by atoms with Crippen molar-refractivity contribution in [1.82, 2.24) is 0 Å². The summed E-state index contributed by atoms with van der Waals surface area (Å²) in [6.45, 7) is 0. The van der Waals surface area contributed by atoms with Crippen LogP contribution in [0.5, 0.6) is 5.75 Å². The van der Waals surface area contributed by atoms with Crippen LogP contribution in [0.4, 0.5) is 0 Å². The summed E-state index contributed by atoms with van der Waals surface area (Å²) in [5.41, 5.74) is 0.821. The van der Waals surface area contributed by atoms with E-state index in [1.807, 2.05) is 12.1 Å². The standard InChI is InChI=1S/C12H15ClO2/c1-15-9-5-6-10(11(13)7-9)12(14)8-3-2-4-8/h5-8,12,14H,2-4H2,1H3. The van der Waals surface area contributed by atoms with Crippen LogP contribution in [0, 0.1) is 5.92 Å². The van der Waals surface area contributed by atoms with Crippen LogP contribution in [-0.2, 0) is 0 Å². The van der Waals surface area contributed by atoms with E-state index in [2.05, 4.69) is 0 Å². The quantitative estimate of drug-likeness (QED) is 0.858. The van der Waals surface area contributed by atoms with Gasteiger partial charge in [-0.05, 0) is 36.5 Å². The Balaban J connectivity index is 2.19. The molecule has 0 radical (unpaired) electrons. The summed E-state index contributed by atoms with van der Waals surface area (Å²) in [5, 5.41) is 10.7. The molecule has 2 nitrogen and oxygen atoms in total. The molecule has 0 saturated heterocycles. The number of ether oxygens (including phenoxy) is 1. The van der Waals surface area contributed by atoms with Gasteiger partial charge in [-0.2, -0.15) is 0 Å². The maximum atomic E-state index is 10.1. The monoisotopic (exact) mass is 226 g/mol. The van der Waals surface area contributed by atoms with Crippen LogP contribution in [0.3, 0.4) is 0 Å². The molecule has 1 aliphatic rings. The minimum atomic E-state index is -0.419. The Kier molecular flexibility index (Phi) is 3.17. The highest BCUT2D eigenvalue weighted by molar-refractivity contribution is 6.31. The lowest BCUT2D eigenvalue weighted by atomic mass is 9.79. The lowest BCUT2D eigenvalue weighted by Gasteiger charge is -2.31. The van der Waals surface area contributed by atoms with Crippen LogP contribution in [-0.4, -0.2) is 12.2 Å². The van der Waals surface area contributed by atoms with E-state index in [9.17, 15) is 5.11 Å². The third-order valence-corrected chi connectivity index (χ3v) is 3.45. The zero-order valence-corrected chi connectivity index (χ0v) is 9.50. The fourth-order valence-corrected chi connectivity index (χ4v) is 2.17. The second-order valence-electron chi connectivity index (χ2n) is 4.02. The van der Waals surface area contributed by atoms with Gasteiger partial charge in [0.1, 0.15) is 5.75 Å². The molecule has 1 fully saturated rings. The largest absolute Gasteiger partial charge is 0.497 e. The summed E-state index contributed by atoms with van der Waals surface area (Å²) < 4.78 is 5.06. The molecular formula is C12H15ClO2. The van der Waals surface area contributed by atoms with Gasteiger partial charge in [0.15, 0.2) is 0 Å². The van der Waals surface area contributed by atoms with Crippen LogP contribution < -0.4 is 4.74 Å². The average molecular weight is 227 g/mol.